The number of hydrogen-bond donors (Lipinski definition) is 1. The maximum atomic E-state index is 12.1. The van der Waals surface area contributed by atoms with E-state index in [1.807, 2.05) is 29.8 Å². The van der Waals surface area contributed by atoms with E-state index in [1.54, 1.807) is 6.07 Å². The summed E-state index contributed by atoms with van der Waals surface area (Å²) in [5.74, 6) is 0.483. The molecule has 1 unspecified atom stereocenters. The molecular formula is C12H11NO3. The molecule has 16 heavy (non-hydrogen) atoms. The number of pyridine rings is 1. The van der Waals surface area contributed by atoms with Gasteiger partial charge in [0.15, 0.2) is 5.43 Å². The van der Waals surface area contributed by atoms with Crippen LogP contribution in [-0.4, -0.2) is 16.3 Å². The highest BCUT2D eigenvalue weighted by atomic mass is 16.5. The molecular weight excluding hydrogens is 206 g/mol. The molecule has 0 aliphatic carbocycles. The SMILES string of the molecule is Cn1c2c(c(=O)c3ccccc31)C(O)CO2. The van der Waals surface area contributed by atoms with Crippen LogP contribution in [0.15, 0.2) is 29.1 Å². The topological polar surface area (TPSA) is 51.5 Å². The maximum Gasteiger partial charge on any atom is 0.203 e. The molecule has 2 heterocycles. The molecule has 0 fully saturated rings. The van der Waals surface area contributed by atoms with Crippen LogP contribution in [0.2, 0.25) is 0 Å². The highest BCUT2D eigenvalue weighted by Gasteiger charge is 2.28. The molecule has 2 aromatic rings. The number of rotatable bonds is 0. The van der Waals surface area contributed by atoms with E-state index < -0.39 is 6.10 Å². The number of ether oxygens (including phenoxy) is 1. The monoisotopic (exact) mass is 217 g/mol. The molecule has 0 bridgehead atoms. The van der Waals surface area contributed by atoms with Gasteiger partial charge in [-0.25, -0.2) is 0 Å². The maximum absolute atomic E-state index is 12.1. The fourth-order valence-electron chi connectivity index (χ4n) is 2.20. The highest BCUT2D eigenvalue weighted by molar-refractivity contribution is 5.81. The van der Waals surface area contributed by atoms with Crippen molar-refractivity contribution in [3.8, 4) is 5.88 Å². The Morgan fingerprint density at radius 2 is 2.19 bits per heavy atom. The Kier molecular flexibility index (Phi) is 1.82. The van der Waals surface area contributed by atoms with E-state index in [4.69, 9.17) is 4.74 Å². The second kappa shape index (κ2) is 3.09. The third-order valence-electron chi connectivity index (χ3n) is 3.00. The van der Waals surface area contributed by atoms with Gasteiger partial charge >= 0.3 is 0 Å². The van der Waals surface area contributed by atoms with Crippen LogP contribution in [0.5, 0.6) is 5.88 Å². The van der Waals surface area contributed by atoms with Crippen molar-refractivity contribution in [1.82, 2.24) is 4.57 Å². The van der Waals surface area contributed by atoms with Crippen LogP contribution in [-0.2, 0) is 7.05 Å². The van der Waals surface area contributed by atoms with E-state index in [0.29, 0.717) is 16.8 Å². The van der Waals surface area contributed by atoms with Crippen LogP contribution in [0.1, 0.15) is 11.7 Å². The molecule has 1 aliphatic rings. The highest BCUT2D eigenvalue weighted by Crippen LogP contribution is 2.31. The van der Waals surface area contributed by atoms with Crippen LogP contribution < -0.4 is 10.2 Å². The minimum absolute atomic E-state index is 0.131. The number of nitrogens with zero attached hydrogens (tertiary/aromatic N) is 1. The number of para-hydroxylation sites is 1. The van der Waals surface area contributed by atoms with Gasteiger partial charge in [-0.15, -0.1) is 0 Å². The van der Waals surface area contributed by atoms with E-state index >= 15 is 0 Å². The first-order valence-electron chi connectivity index (χ1n) is 5.12. The third kappa shape index (κ3) is 1.05. The number of hydrogen-bond acceptors (Lipinski definition) is 3. The lowest BCUT2D eigenvalue weighted by Gasteiger charge is -2.10. The Balaban J connectivity index is 2.54. The number of aromatic nitrogens is 1. The van der Waals surface area contributed by atoms with Gasteiger partial charge in [0.1, 0.15) is 12.7 Å². The molecule has 1 N–H and O–H groups in total. The first-order chi connectivity index (χ1) is 7.70. The first-order valence-corrected chi connectivity index (χ1v) is 5.12. The van der Waals surface area contributed by atoms with E-state index in [1.165, 1.54) is 0 Å². The van der Waals surface area contributed by atoms with Gasteiger partial charge in [0.05, 0.1) is 11.1 Å². The summed E-state index contributed by atoms with van der Waals surface area (Å²) in [7, 11) is 1.83. The Morgan fingerprint density at radius 3 is 3.00 bits per heavy atom. The summed E-state index contributed by atoms with van der Waals surface area (Å²) < 4.78 is 7.15. The fraction of sp³-hybridized carbons (Fsp3) is 0.250. The summed E-state index contributed by atoms with van der Waals surface area (Å²) >= 11 is 0. The van der Waals surface area contributed by atoms with Crippen molar-refractivity contribution in [2.45, 2.75) is 6.10 Å². The van der Waals surface area contributed by atoms with E-state index in [9.17, 15) is 9.90 Å². The van der Waals surface area contributed by atoms with E-state index in [0.717, 1.165) is 5.52 Å². The second-order valence-electron chi connectivity index (χ2n) is 3.95. The molecule has 0 saturated carbocycles. The molecule has 4 heteroatoms. The zero-order valence-corrected chi connectivity index (χ0v) is 8.80. The number of fused-ring (bicyclic) bond motifs is 2. The smallest absolute Gasteiger partial charge is 0.203 e. The summed E-state index contributed by atoms with van der Waals surface area (Å²) in [6.45, 7) is 0.161. The van der Waals surface area contributed by atoms with Crippen molar-refractivity contribution < 1.29 is 9.84 Å². The summed E-state index contributed by atoms with van der Waals surface area (Å²) in [6, 6.07) is 7.33. The van der Waals surface area contributed by atoms with Crippen LogP contribution in [0.4, 0.5) is 0 Å². The molecule has 0 spiro atoms. The molecule has 3 rings (SSSR count). The van der Waals surface area contributed by atoms with Gasteiger partial charge in [0, 0.05) is 12.4 Å². The Bertz CT molecular complexity index is 630. The number of aryl methyl sites for hydroxylation is 1. The largest absolute Gasteiger partial charge is 0.475 e. The predicted octanol–water partition coefficient (Wildman–Crippen LogP) is 0.964. The molecule has 1 aliphatic heterocycles. The van der Waals surface area contributed by atoms with Gasteiger partial charge in [-0.3, -0.25) is 4.79 Å². The van der Waals surface area contributed by atoms with Gasteiger partial charge in [-0.1, -0.05) is 12.1 Å². The zero-order chi connectivity index (χ0) is 11.3. The molecule has 1 aromatic carbocycles. The van der Waals surface area contributed by atoms with E-state index in [2.05, 4.69) is 0 Å². The number of aliphatic hydroxyl groups excluding tert-OH is 1. The van der Waals surface area contributed by atoms with Gasteiger partial charge < -0.3 is 14.4 Å². The average Bonchev–Trinajstić information content (AvgIpc) is 2.69. The van der Waals surface area contributed by atoms with Gasteiger partial charge in [0.2, 0.25) is 5.88 Å². The lowest BCUT2D eigenvalue weighted by molar-refractivity contribution is 0.138. The molecule has 0 saturated heterocycles. The molecule has 4 nitrogen and oxygen atoms in total. The zero-order valence-electron chi connectivity index (χ0n) is 8.80. The molecule has 82 valence electrons. The van der Waals surface area contributed by atoms with Crippen molar-refractivity contribution in [2.24, 2.45) is 7.05 Å². The fourth-order valence-corrected chi connectivity index (χ4v) is 2.20. The van der Waals surface area contributed by atoms with Crippen molar-refractivity contribution in [3.63, 3.8) is 0 Å². The standard InChI is InChI=1S/C12H11NO3/c1-13-8-5-3-2-4-7(8)11(15)10-9(14)6-16-12(10)13/h2-5,9,14H,6H2,1H3. The average molecular weight is 217 g/mol. The van der Waals surface area contributed by atoms with Crippen molar-refractivity contribution >= 4 is 10.9 Å². The quantitative estimate of drug-likeness (QED) is 0.715. The summed E-state index contributed by atoms with van der Waals surface area (Å²) in [5.41, 5.74) is 1.07. The predicted molar refractivity (Wildman–Crippen MR) is 59.6 cm³/mol. The normalized spacial score (nSPS) is 18.5. The van der Waals surface area contributed by atoms with Crippen LogP contribution >= 0.6 is 0 Å². The summed E-state index contributed by atoms with van der Waals surface area (Å²) in [5, 5.41) is 10.3. The minimum atomic E-state index is -0.807. The Hall–Kier alpha value is -1.81. The Morgan fingerprint density at radius 1 is 1.44 bits per heavy atom. The molecule has 1 atom stereocenters. The van der Waals surface area contributed by atoms with Crippen LogP contribution in [0.25, 0.3) is 10.9 Å². The molecule has 1 aromatic heterocycles. The van der Waals surface area contributed by atoms with Crippen molar-refractivity contribution in [3.05, 3.63) is 40.1 Å². The van der Waals surface area contributed by atoms with Gasteiger partial charge in [-0.2, -0.15) is 0 Å². The third-order valence-corrected chi connectivity index (χ3v) is 3.00. The van der Waals surface area contributed by atoms with Gasteiger partial charge in [0.25, 0.3) is 0 Å². The molecule has 0 amide bonds. The molecule has 0 radical (unpaired) electrons. The van der Waals surface area contributed by atoms with E-state index in [-0.39, 0.29) is 12.0 Å². The van der Waals surface area contributed by atoms with Gasteiger partial charge in [-0.05, 0) is 12.1 Å². The number of benzene rings is 1. The summed E-state index contributed by atoms with van der Waals surface area (Å²) in [6.07, 6.45) is -0.807. The number of aliphatic hydroxyl groups is 1. The van der Waals surface area contributed by atoms with Crippen LogP contribution in [0.3, 0.4) is 0 Å². The lowest BCUT2D eigenvalue weighted by atomic mass is 10.1. The Labute approximate surface area is 91.7 Å². The van der Waals surface area contributed by atoms with Crippen molar-refractivity contribution in [2.75, 3.05) is 6.61 Å². The summed E-state index contributed by atoms with van der Waals surface area (Å²) in [4.78, 5) is 12.1. The minimum Gasteiger partial charge on any atom is -0.475 e. The first kappa shape index (κ1) is 9.42. The van der Waals surface area contributed by atoms with Crippen LogP contribution in [0, 0.1) is 0 Å². The lowest BCUT2D eigenvalue weighted by Crippen LogP contribution is -2.14. The second-order valence-corrected chi connectivity index (χ2v) is 3.95. The van der Waals surface area contributed by atoms with Crippen molar-refractivity contribution in [1.29, 1.82) is 0 Å².